The largest absolute Gasteiger partial charge is 0.263 e. The summed E-state index contributed by atoms with van der Waals surface area (Å²) in [5, 5.41) is 0. The van der Waals surface area contributed by atoms with Gasteiger partial charge in [-0.15, -0.1) is 0 Å². The van der Waals surface area contributed by atoms with Crippen molar-refractivity contribution < 1.29 is 0 Å². The number of hydrogen-bond donors (Lipinski definition) is 0. The molecule has 0 saturated carbocycles. The Morgan fingerprint density at radius 1 is 0.312 bits per heavy atom. The first-order chi connectivity index (χ1) is 23.5. The minimum absolute atomic E-state index is 0.890. The summed E-state index contributed by atoms with van der Waals surface area (Å²) in [5.74, 6) is 24.4. The molecular formula is C46H32N2. The first-order valence-corrected chi connectivity index (χ1v) is 15.7. The normalized spacial score (nSPS) is 9.83. The van der Waals surface area contributed by atoms with Crippen LogP contribution >= 0.6 is 0 Å². The fraction of sp³-hybridized carbons (Fsp3) is 0.0870. The van der Waals surface area contributed by atoms with Crippen molar-refractivity contribution in [2.24, 2.45) is 0 Å². The van der Waals surface area contributed by atoms with E-state index in [1.807, 2.05) is 73.3 Å². The molecule has 0 aliphatic rings. The molecule has 48 heavy (non-hydrogen) atoms. The van der Waals surface area contributed by atoms with E-state index in [1.54, 1.807) is 0 Å². The van der Waals surface area contributed by atoms with Crippen LogP contribution in [-0.4, -0.2) is 9.97 Å². The third-order valence-corrected chi connectivity index (χ3v) is 8.32. The van der Waals surface area contributed by atoms with Crippen LogP contribution in [0.4, 0.5) is 0 Å². The van der Waals surface area contributed by atoms with E-state index in [1.165, 1.54) is 0 Å². The van der Waals surface area contributed by atoms with Crippen molar-refractivity contribution in [2.75, 3.05) is 0 Å². The van der Waals surface area contributed by atoms with Gasteiger partial charge in [0.15, 0.2) is 0 Å². The minimum atomic E-state index is 0.890. The molecular weight excluding hydrogens is 581 g/mol. The number of benzene rings is 4. The summed E-state index contributed by atoms with van der Waals surface area (Å²) in [7, 11) is 0. The van der Waals surface area contributed by atoms with Crippen molar-refractivity contribution in [3.05, 3.63) is 155 Å². The fourth-order valence-corrected chi connectivity index (χ4v) is 5.82. The predicted octanol–water partition coefficient (Wildman–Crippen LogP) is 9.79. The highest BCUT2D eigenvalue weighted by Gasteiger charge is 2.15. The Morgan fingerprint density at radius 3 is 0.833 bits per heavy atom. The van der Waals surface area contributed by atoms with E-state index in [0.717, 1.165) is 77.9 Å². The predicted molar refractivity (Wildman–Crippen MR) is 198 cm³/mol. The highest BCUT2D eigenvalue weighted by Crippen LogP contribution is 2.35. The summed E-state index contributed by atoms with van der Waals surface area (Å²) in [4.78, 5) is 9.20. The van der Waals surface area contributed by atoms with Crippen LogP contribution in [0.25, 0.3) is 44.5 Å². The van der Waals surface area contributed by atoms with Crippen molar-refractivity contribution in [2.45, 2.75) is 27.7 Å². The molecule has 0 unspecified atom stereocenters. The van der Waals surface area contributed by atoms with E-state index in [4.69, 9.17) is 0 Å². The lowest BCUT2D eigenvalue weighted by atomic mass is 9.91. The van der Waals surface area contributed by atoms with Gasteiger partial charge in [-0.3, -0.25) is 9.97 Å². The van der Waals surface area contributed by atoms with Crippen LogP contribution in [0.3, 0.4) is 0 Å². The van der Waals surface area contributed by atoms with Crippen molar-refractivity contribution in [1.82, 2.24) is 9.97 Å². The Bertz CT molecular complexity index is 2120. The zero-order chi connectivity index (χ0) is 33.3. The highest BCUT2D eigenvalue weighted by atomic mass is 14.6. The molecule has 0 atom stereocenters. The number of nitrogens with zero attached hydrogens (tertiary/aromatic N) is 2. The molecule has 0 saturated heterocycles. The molecule has 0 spiro atoms. The van der Waals surface area contributed by atoms with Gasteiger partial charge in [-0.05, 0) is 108 Å². The average Bonchev–Trinajstić information content (AvgIpc) is 3.10. The van der Waals surface area contributed by atoms with Crippen LogP contribution in [0, 0.1) is 75.1 Å². The van der Waals surface area contributed by atoms with E-state index in [0.29, 0.717) is 0 Å². The van der Waals surface area contributed by atoms with Crippen LogP contribution in [0.2, 0.25) is 0 Å². The first-order valence-electron chi connectivity index (χ1n) is 15.7. The van der Waals surface area contributed by atoms with Gasteiger partial charge < -0.3 is 0 Å². The fourth-order valence-electron chi connectivity index (χ4n) is 5.82. The van der Waals surface area contributed by atoms with Crippen LogP contribution in [0.5, 0.6) is 0 Å². The van der Waals surface area contributed by atoms with Crippen LogP contribution in [0.1, 0.15) is 33.4 Å². The van der Waals surface area contributed by atoms with Crippen molar-refractivity contribution in [3.8, 4) is 91.9 Å². The standard InChI is InChI=1S/C46H32N2/c1-33-19-11-15-23-37(33)43-29-47-30-44(38-24-16-12-20-34(38)2)41(43)27-9-7-5-6-8-10-28-42-45(39-25-17-13-21-35(39)3)31-48-32-46(42)40-26-18-14-22-36(40)4/h11-26,29-32H,1-4H3. The maximum Gasteiger partial charge on any atom is 0.0443 e. The second-order valence-electron chi connectivity index (χ2n) is 11.5. The van der Waals surface area contributed by atoms with Crippen LogP contribution < -0.4 is 0 Å². The van der Waals surface area contributed by atoms with E-state index >= 15 is 0 Å². The number of hydrogen-bond acceptors (Lipinski definition) is 2. The van der Waals surface area contributed by atoms with Crippen molar-refractivity contribution >= 4 is 0 Å². The smallest absolute Gasteiger partial charge is 0.0443 e. The number of aryl methyl sites for hydroxylation is 4. The lowest BCUT2D eigenvalue weighted by molar-refractivity contribution is 1.30. The third-order valence-electron chi connectivity index (χ3n) is 8.32. The number of aromatic nitrogens is 2. The van der Waals surface area contributed by atoms with E-state index in [-0.39, 0.29) is 0 Å². The second kappa shape index (κ2) is 14.7. The zero-order valence-corrected chi connectivity index (χ0v) is 27.4. The molecule has 2 heterocycles. The summed E-state index contributed by atoms with van der Waals surface area (Å²) < 4.78 is 0. The van der Waals surface area contributed by atoms with Gasteiger partial charge in [0.25, 0.3) is 0 Å². The van der Waals surface area contributed by atoms with Gasteiger partial charge in [0.05, 0.1) is 0 Å². The lowest BCUT2D eigenvalue weighted by Gasteiger charge is -2.13. The molecule has 226 valence electrons. The Kier molecular flexibility index (Phi) is 9.60. The molecule has 2 nitrogen and oxygen atoms in total. The van der Waals surface area contributed by atoms with Gasteiger partial charge in [-0.1, -0.05) is 109 Å². The number of pyridine rings is 2. The quantitative estimate of drug-likeness (QED) is 0.185. The SMILES string of the molecule is Cc1ccccc1-c1cncc(-c2ccccc2C)c1C#CC#CC#CC#Cc1c(-c2ccccc2C)cncc1-c1ccccc1C. The van der Waals surface area contributed by atoms with Crippen molar-refractivity contribution in [1.29, 1.82) is 0 Å². The Labute approximate surface area is 284 Å². The maximum atomic E-state index is 4.60. The molecule has 0 amide bonds. The van der Waals surface area contributed by atoms with E-state index in [2.05, 4.69) is 134 Å². The Hall–Kier alpha value is -6.58. The van der Waals surface area contributed by atoms with Crippen LogP contribution in [0.15, 0.2) is 122 Å². The highest BCUT2D eigenvalue weighted by molar-refractivity contribution is 5.85. The molecule has 4 aromatic carbocycles. The lowest BCUT2D eigenvalue weighted by Crippen LogP contribution is -1.95. The first kappa shape index (κ1) is 31.4. The topological polar surface area (TPSA) is 25.8 Å². The molecule has 6 aromatic rings. The summed E-state index contributed by atoms with van der Waals surface area (Å²) in [6.45, 7) is 8.40. The molecule has 0 aliphatic heterocycles. The average molecular weight is 613 g/mol. The molecule has 2 aromatic heterocycles. The Balaban J connectivity index is 1.37. The number of rotatable bonds is 4. The van der Waals surface area contributed by atoms with Gasteiger partial charge in [0.2, 0.25) is 0 Å². The van der Waals surface area contributed by atoms with Gasteiger partial charge in [-0.25, -0.2) is 0 Å². The zero-order valence-electron chi connectivity index (χ0n) is 27.4. The van der Waals surface area contributed by atoms with Crippen LogP contribution in [-0.2, 0) is 0 Å². The summed E-state index contributed by atoms with van der Waals surface area (Å²) in [6.07, 6.45) is 7.53. The van der Waals surface area contributed by atoms with Gasteiger partial charge in [0, 0.05) is 58.2 Å². The molecule has 0 fully saturated rings. The van der Waals surface area contributed by atoms with Gasteiger partial charge >= 0.3 is 0 Å². The minimum Gasteiger partial charge on any atom is -0.263 e. The monoisotopic (exact) mass is 612 g/mol. The van der Waals surface area contributed by atoms with Gasteiger partial charge in [-0.2, -0.15) is 0 Å². The van der Waals surface area contributed by atoms with Gasteiger partial charge in [0.1, 0.15) is 0 Å². The third kappa shape index (κ3) is 6.81. The van der Waals surface area contributed by atoms with E-state index < -0.39 is 0 Å². The molecule has 0 radical (unpaired) electrons. The molecule has 0 N–H and O–H groups in total. The summed E-state index contributed by atoms with van der Waals surface area (Å²) in [6, 6.07) is 33.1. The summed E-state index contributed by atoms with van der Waals surface area (Å²) in [5.41, 5.74) is 14.7. The molecule has 6 rings (SSSR count). The molecule has 0 aliphatic carbocycles. The van der Waals surface area contributed by atoms with Crippen molar-refractivity contribution in [3.63, 3.8) is 0 Å². The molecule has 0 bridgehead atoms. The maximum absolute atomic E-state index is 4.60. The second-order valence-corrected chi connectivity index (χ2v) is 11.5. The summed E-state index contributed by atoms with van der Waals surface area (Å²) >= 11 is 0. The van der Waals surface area contributed by atoms with E-state index in [9.17, 15) is 0 Å². The molecule has 2 heteroatoms. The Morgan fingerprint density at radius 2 is 0.562 bits per heavy atom.